The number of carboxylic acid groups (broad SMARTS) is 3. The van der Waals surface area contributed by atoms with Crippen molar-refractivity contribution in [1.82, 2.24) is 0 Å². The van der Waals surface area contributed by atoms with Crippen molar-refractivity contribution in [3.05, 3.63) is 114 Å². The Hall–Kier alpha value is -5.43. The number of hydrogen-bond donors (Lipinski definition) is 4. The molecular weight excluding hydrogens is 482 g/mol. The van der Waals surface area contributed by atoms with E-state index in [-0.39, 0.29) is 22.4 Å². The van der Waals surface area contributed by atoms with Gasteiger partial charge >= 0.3 is 17.9 Å². The summed E-state index contributed by atoms with van der Waals surface area (Å²) in [6, 6.07) is 27.7. The second-order valence-corrected chi connectivity index (χ2v) is 8.80. The third-order valence-corrected chi connectivity index (χ3v) is 6.48. The van der Waals surface area contributed by atoms with E-state index in [9.17, 15) is 29.7 Å². The van der Waals surface area contributed by atoms with Gasteiger partial charge in [0.2, 0.25) is 0 Å². The van der Waals surface area contributed by atoms with E-state index in [1.807, 2.05) is 30.3 Å². The molecule has 0 spiro atoms. The Morgan fingerprint density at radius 2 is 1.05 bits per heavy atom. The van der Waals surface area contributed by atoms with Gasteiger partial charge in [-0.25, -0.2) is 14.4 Å². The summed E-state index contributed by atoms with van der Waals surface area (Å²) >= 11 is 0. The van der Waals surface area contributed by atoms with Gasteiger partial charge in [0.05, 0.1) is 16.7 Å². The quantitative estimate of drug-likeness (QED) is 0.194. The number of fused-ring (bicyclic) bond motifs is 1. The van der Waals surface area contributed by atoms with Crippen molar-refractivity contribution in [3.8, 4) is 33.4 Å². The average molecular weight is 504 g/mol. The molecule has 0 bridgehead atoms. The monoisotopic (exact) mass is 503 g/mol. The van der Waals surface area contributed by atoms with E-state index in [1.54, 1.807) is 48.5 Å². The van der Waals surface area contributed by atoms with Gasteiger partial charge in [-0.05, 0) is 92.7 Å². The maximum Gasteiger partial charge on any atom is 0.337 e. The van der Waals surface area contributed by atoms with Crippen LogP contribution in [0, 0.1) is 0 Å². The maximum atomic E-state index is 11.8. The lowest BCUT2D eigenvalue weighted by Crippen LogP contribution is -2.02. The lowest BCUT2D eigenvalue weighted by Gasteiger charge is -2.15. The molecule has 0 fully saturated rings. The third kappa shape index (κ3) is 4.44. The fraction of sp³-hybridized carbons (Fsp3) is 0. The van der Waals surface area contributed by atoms with Gasteiger partial charge in [0, 0.05) is 5.69 Å². The van der Waals surface area contributed by atoms with Gasteiger partial charge in [-0.3, -0.25) is 0 Å². The summed E-state index contributed by atoms with van der Waals surface area (Å²) in [5.41, 5.74) is 11.2. The number of benzene rings is 5. The summed E-state index contributed by atoms with van der Waals surface area (Å²) in [7, 11) is 0. The highest BCUT2D eigenvalue weighted by molar-refractivity contribution is 6.09. The van der Waals surface area contributed by atoms with E-state index in [2.05, 4.69) is 0 Å². The minimum absolute atomic E-state index is 0.00430. The first-order chi connectivity index (χ1) is 18.2. The van der Waals surface area contributed by atoms with Crippen LogP contribution in [0.5, 0.6) is 0 Å². The van der Waals surface area contributed by atoms with Crippen LogP contribution in [-0.2, 0) is 0 Å². The molecule has 38 heavy (non-hydrogen) atoms. The van der Waals surface area contributed by atoms with Crippen LogP contribution in [0.4, 0.5) is 5.69 Å². The Kier molecular flexibility index (Phi) is 6.10. The molecular formula is C31H21NO6. The molecule has 0 atom stereocenters. The van der Waals surface area contributed by atoms with Crippen LogP contribution in [0.3, 0.4) is 0 Å². The van der Waals surface area contributed by atoms with E-state index >= 15 is 0 Å². The molecule has 0 unspecified atom stereocenters. The minimum Gasteiger partial charge on any atom is -0.478 e. The van der Waals surface area contributed by atoms with Crippen LogP contribution >= 0.6 is 0 Å². The van der Waals surface area contributed by atoms with Crippen molar-refractivity contribution in [2.45, 2.75) is 0 Å². The summed E-state index contributed by atoms with van der Waals surface area (Å²) in [6.45, 7) is 0. The van der Waals surface area contributed by atoms with Crippen molar-refractivity contribution < 1.29 is 29.7 Å². The zero-order valence-electron chi connectivity index (χ0n) is 19.9. The third-order valence-electron chi connectivity index (χ3n) is 6.48. The molecule has 0 amide bonds. The number of rotatable bonds is 6. The van der Waals surface area contributed by atoms with Crippen LogP contribution in [0.1, 0.15) is 31.1 Å². The molecule has 5 aromatic rings. The molecule has 0 aromatic heterocycles. The molecule has 5 N–H and O–H groups in total. The number of carboxylic acids is 3. The molecule has 7 heteroatoms. The number of anilines is 1. The summed E-state index contributed by atoms with van der Waals surface area (Å²) < 4.78 is 0. The highest BCUT2D eigenvalue weighted by Crippen LogP contribution is 2.37. The van der Waals surface area contributed by atoms with Crippen LogP contribution in [0.15, 0.2) is 97.1 Å². The smallest absolute Gasteiger partial charge is 0.337 e. The van der Waals surface area contributed by atoms with Crippen molar-refractivity contribution in [1.29, 1.82) is 0 Å². The van der Waals surface area contributed by atoms with Gasteiger partial charge in [-0.15, -0.1) is 0 Å². The van der Waals surface area contributed by atoms with E-state index < -0.39 is 17.9 Å². The highest BCUT2D eigenvalue weighted by Gasteiger charge is 2.15. The molecule has 5 aromatic carbocycles. The van der Waals surface area contributed by atoms with Crippen LogP contribution in [-0.4, -0.2) is 33.2 Å². The van der Waals surface area contributed by atoms with Gasteiger partial charge in [-0.1, -0.05) is 48.5 Å². The molecule has 0 saturated heterocycles. The lowest BCUT2D eigenvalue weighted by atomic mass is 9.89. The van der Waals surface area contributed by atoms with Crippen LogP contribution in [0.25, 0.3) is 44.2 Å². The zero-order valence-corrected chi connectivity index (χ0v) is 19.9. The second-order valence-electron chi connectivity index (χ2n) is 8.80. The zero-order chi connectivity index (χ0) is 27.0. The normalized spacial score (nSPS) is 10.8. The number of hydrogen-bond acceptors (Lipinski definition) is 4. The van der Waals surface area contributed by atoms with E-state index in [0.717, 1.165) is 33.2 Å². The minimum atomic E-state index is -1.12. The van der Waals surface area contributed by atoms with Gasteiger partial charge < -0.3 is 21.1 Å². The SMILES string of the molecule is Nc1cc(-c2cc(-c3ccc(C(=O)O)cc3)cc(-c3ccc(C(=O)O)c4ccccc34)c2)ccc1C(=O)O. The molecule has 0 radical (unpaired) electrons. The lowest BCUT2D eigenvalue weighted by molar-refractivity contribution is 0.0686. The van der Waals surface area contributed by atoms with E-state index in [4.69, 9.17) is 5.73 Å². The van der Waals surface area contributed by atoms with Gasteiger partial charge in [-0.2, -0.15) is 0 Å². The first-order valence-electron chi connectivity index (χ1n) is 11.6. The summed E-state index contributed by atoms with van der Waals surface area (Å²) in [4.78, 5) is 34.6. The molecule has 0 saturated carbocycles. The molecule has 0 aliphatic heterocycles. The molecule has 0 heterocycles. The Bertz CT molecular complexity index is 1760. The highest BCUT2D eigenvalue weighted by atomic mass is 16.4. The Morgan fingerprint density at radius 3 is 1.66 bits per heavy atom. The second kappa shape index (κ2) is 9.55. The van der Waals surface area contributed by atoms with Gasteiger partial charge in [0.1, 0.15) is 0 Å². The Morgan fingerprint density at radius 1 is 0.500 bits per heavy atom. The fourth-order valence-corrected chi connectivity index (χ4v) is 4.60. The molecule has 0 aliphatic rings. The number of nitrogens with two attached hydrogens (primary N) is 1. The first kappa shape index (κ1) is 24.3. The molecule has 186 valence electrons. The average Bonchev–Trinajstić information content (AvgIpc) is 2.91. The molecule has 7 nitrogen and oxygen atoms in total. The van der Waals surface area contributed by atoms with Crippen molar-refractivity contribution in [3.63, 3.8) is 0 Å². The fourth-order valence-electron chi connectivity index (χ4n) is 4.60. The first-order valence-corrected chi connectivity index (χ1v) is 11.6. The van der Waals surface area contributed by atoms with Crippen LogP contribution in [0.2, 0.25) is 0 Å². The maximum absolute atomic E-state index is 11.8. The van der Waals surface area contributed by atoms with Crippen molar-refractivity contribution >= 4 is 34.4 Å². The number of carbonyl (C=O) groups is 3. The number of nitrogen functional groups attached to an aromatic ring is 1. The predicted octanol–water partition coefficient (Wildman–Crippen LogP) is 6.52. The molecule has 5 rings (SSSR count). The summed E-state index contributed by atoms with van der Waals surface area (Å²) in [5.74, 6) is -3.16. The van der Waals surface area contributed by atoms with Gasteiger partial charge in [0.15, 0.2) is 0 Å². The van der Waals surface area contributed by atoms with E-state index in [1.165, 1.54) is 18.2 Å². The Balaban J connectivity index is 1.75. The standard InChI is InChI=1S/C31H21NO6/c32-28-16-19(9-10-27(28)31(37)38)21-13-20(17-5-7-18(8-6-17)29(33)34)14-22(15-21)23-11-12-26(30(35)36)25-4-2-1-3-24(23)25/h1-16H,32H2,(H,33,34)(H,35,36)(H,37,38). The van der Waals surface area contributed by atoms with Crippen molar-refractivity contribution in [2.75, 3.05) is 5.73 Å². The molecule has 0 aliphatic carbocycles. The topological polar surface area (TPSA) is 138 Å². The Labute approximate surface area is 217 Å². The summed E-state index contributed by atoms with van der Waals surface area (Å²) in [6.07, 6.45) is 0. The summed E-state index contributed by atoms with van der Waals surface area (Å²) in [5, 5.41) is 29.7. The largest absolute Gasteiger partial charge is 0.478 e. The van der Waals surface area contributed by atoms with Crippen molar-refractivity contribution in [2.24, 2.45) is 0 Å². The van der Waals surface area contributed by atoms with Crippen LogP contribution < -0.4 is 5.73 Å². The predicted molar refractivity (Wildman–Crippen MR) is 146 cm³/mol. The van der Waals surface area contributed by atoms with E-state index in [0.29, 0.717) is 10.9 Å². The number of aromatic carboxylic acids is 3. The van der Waals surface area contributed by atoms with Gasteiger partial charge in [0.25, 0.3) is 0 Å².